The van der Waals surface area contributed by atoms with Crippen LogP contribution in [-0.4, -0.2) is 59.7 Å². The number of ketones is 1. The van der Waals surface area contributed by atoms with E-state index in [-0.39, 0.29) is 5.78 Å². The average molecular weight is 442 g/mol. The topological polar surface area (TPSA) is 56.6 Å². The van der Waals surface area contributed by atoms with E-state index in [1.54, 1.807) is 0 Å². The first-order chi connectivity index (χ1) is 16.3. The number of para-hydroxylation sites is 1. The normalized spacial score (nSPS) is 14.4. The van der Waals surface area contributed by atoms with Gasteiger partial charge >= 0.3 is 0 Å². The summed E-state index contributed by atoms with van der Waals surface area (Å²) in [5.41, 5.74) is 3.33. The molecule has 2 aromatic heterocycles. The maximum atomic E-state index is 13.2. The van der Waals surface area contributed by atoms with Crippen LogP contribution in [0.2, 0.25) is 0 Å². The number of aromatic nitrogens is 2. The molecule has 1 fully saturated rings. The van der Waals surface area contributed by atoms with Crippen molar-refractivity contribution < 1.29 is 14.3 Å². The quantitative estimate of drug-likeness (QED) is 0.387. The van der Waals surface area contributed by atoms with Crippen LogP contribution in [0.15, 0.2) is 79.1 Å². The molecule has 4 aromatic rings. The SMILES string of the molecule is O=C(c1ccc(OCCN2CCOCC2)cc1)c1cccn1Cc1cnc2ccccc2c1. The Morgan fingerprint density at radius 1 is 1.00 bits per heavy atom. The lowest BCUT2D eigenvalue weighted by molar-refractivity contribution is 0.0322. The highest BCUT2D eigenvalue weighted by atomic mass is 16.5. The molecule has 0 amide bonds. The van der Waals surface area contributed by atoms with E-state index < -0.39 is 0 Å². The van der Waals surface area contributed by atoms with E-state index in [1.807, 2.05) is 71.6 Å². The molecule has 1 aliphatic rings. The van der Waals surface area contributed by atoms with Crippen LogP contribution in [0.5, 0.6) is 5.75 Å². The number of morpholine rings is 1. The molecule has 0 unspecified atom stereocenters. The number of hydrogen-bond donors (Lipinski definition) is 0. The summed E-state index contributed by atoms with van der Waals surface area (Å²) in [5.74, 6) is 0.769. The van der Waals surface area contributed by atoms with Gasteiger partial charge in [0.05, 0.1) is 24.4 Å². The maximum Gasteiger partial charge on any atom is 0.209 e. The summed E-state index contributed by atoms with van der Waals surface area (Å²) >= 11 is 0. The molecule has 1 saturated heterocycles. The Balaban J connectivity index is 1.23. The van der Waals surface area contributed by atoms with Gasteiger partial charge in [0.25, 0.3) is 0 Å². The van der Waals surface area contributed by atoms with E-state index in [9.17, 15) is 4.79 Å². The molecular weight excluding hydrogens is 414 g/mol. The van der Waals surface area contributed by atoms with Crippen LogP contribution >= 0.6 is 0 Å². The molecule has 6 heteroatoms. The number of pyridine rings is 1. The van der Waals surface area contributed by atoms with Crippen molar-refractivity contribution in [3.8, 4) is 5.75 Å². The Morgan fingerprint density at radius 3 is 2.67 bits per heavy atom. The number of hydrogen-bond acceptors (Lipinski definition) is 5. The molecule has 3 heterocycles. The smallest absolute Gasteiger partial charge is 0.209 e. The summed E-state index contributed by atoms with van der Waals surface area (Å²) in [6.07, 6.45) is 3.81. The van der Waals surface area contributed by atoms with Crippen LogP contribution in [0.3, 0.4) is 0 Å². The van der Waals surface area contributed by atoms with Gasteiger partial charge in [0, 0.05) is 49.5 Å². The molecule has 168 valence electrons. The molecule has 0 bridgehead atoms. The molecule has 0 saturated carbocycles. The Hall–Kier alpha value is -3.48. The summed E-state index contributed by atoms with van der Waals surface area (Å²) in [7, 11) is 0. The third-order valence-electron chi connectivity index (χ3n) is 5.96. The Labute approximate surface area is 193 Å². The van der Waals surface area contributed by atoms with Crippen molar-refractivity contribution in [3.05, 3.63) is 95.9 Å². The lowest BCUT2D eigenvalue weighted by Gasteiger charge is -2.26. The Morgan fingerprint density at radius 2 is 1.82 bits per heavy atom. The Kier molecular flexibility index (Phi) is 6.46. The molecule has 6 nitrogen and oxygen atoms in total. The first kappa shape index (κ1) is 21.4. The van der Waals surface area contributed by atoms with Crippen molar-refractivity contribution in [1.82, 2.24) is 14.5 Å². The number of nitrogens with zero attached hydrogens (tertiary/aromatic N) is 3. The second kappa shape index (κ2) is 9.98. The highest BCUT2D eigenvalue weighted by Crippen LogP contribution is 2.18. The fourth-order valence-corrected chi connectivity index (χ4v) is 4.13. The van der Waals surface area contributed by atoms with Crippen LogP contribution in [-0.2, 0) is 11.3 Å². The maximum absolute atomic E-state index is 13.2. The number of benzene rings is 2. The van der Waals surface area contributed by atoms with Gasteiger partial charge in [-0.2, -0.15) is 0 Å². The fraction of sp³-hybridized carbons (Fsp3) is 0.259. The van der Waals surface area contributed by atoms with Crippen molar-refractivity contribution in [2.75, 3.05) is 39.5 Å². The predicted molar refractivity (Wildman–Crippen MR) is 128 cm³/mol. The largest absolute Gasteiger partial charge is 0.492 e. The average Bonchev–Trinajstić information content (AvgIpc) is 3.33. The van der Waals surface area contributed by atoms with Crippen LogP contribution in [0.4, 0.5) is 0 Å². The zero-order valence-corrected chi connectivity index (χ0v) is 18.5. The lowest BCUT2D eigenvalue weighted by atomic mass is 10.1. The number of rotatable bonds is 8. The molecule has 0 radical (unpaired) electrons. The van der Waals surface area contributed by atoms with Gasteiger partial charge in [-0.1, -0.05) is 18.2 Å². The Bertz CT molecular complexity index is 1230. The van der Waals surface area contributed by atoms with Crippen LogP contribution in [0.25, 0.3) is 10.9 Å². The van der Waals surface area contributed by atoms with Crippen molar-refractivity contribution >= 4 is 16.7 Å². The fourth-order valence-electron chi connectivity index (χ4n) is 4.13. The first-order valence-electron chi connectivity index (χ1n) is 11.3. The molecule has 33 heavy (non-hydrogen) atoms. The molecule has 1 aliphatic heterocycles. The van der Waals surface area contributed by atoms with E-state index in [1.165, 1.54) is 0 Å². The van der Waals surface area contributed by atoms with E-state index >= 15 is 0 Å². The number of fused-ring (bicyclic) bond motifs is 1. The monoisotopic (exact) mass is 441 g/mol. The van der Waals surface area contributed by atoms with Gasteiger partial charge in [-0.05, 0) is 54.1 Å². The summed E-state index contributed by atoms with van der Waals surface area (Å²) < 4.78 is 13.2. The third-order valence-corrected chi connectivity index (χ3v) is 5.96. The van der Waals surface area contributed by atoms with Crippen molar-refractivity contribution in [2.24, 2.45) is 0 Å². The number of carbonyl (C=O) groups excluding carboxylic acids is 1. The van der Waals surface area contributed by atoms with Gasteiger partial charge < -0.3 is 14.0 Å². The second-order valence-corrected chi connectivity index (χ2v) is 8.21. The highest BCUT2D eigenvalue weighted by Gasteiger charge is 2.14. The molecule has 0 N–H and O–H groups in total. The third kappa shape index (κ3) is 5.13. The summed E-state index contributed by atoms with van der Waals surface area (Å²) in [6, 6.07) is 21.3. The zero-order valence-electron chi connectivity index (χ0n) is 18.5. The van der Waals surface area contributed by atoms with Crippen molar-refractivity contribution in [3.63, 3.8) is 0 Å². The van der Waals surface area contributed by atoms with Crippen molar-refractivity contribution in [1.29, 1.82) is 0 Å². The van der Waals surface area contributed by atoms with Crippen LogP contribution in [0.1, 0.15) is 21.6 Å². The first-order valence-corrected chi connectivity index (χ1v) is 11.3. The van der Waals surface area contributed by atoms with E-state index in [0.717, 1.165) is 55.1 Å². The van der Waals surface area contributed by atoms with Gasteiger partial charge in [-0.25, -0.2) is 0 Å². The van der Waals surface area contributed by atoms with E-state index in [4.69, 9.17) is 9.47 Å². The van der Waals surface area contributed by atoms with Crippen molar-refractivity contribution in [2.45, 2.75) is 6.54 Å². The van der Waals surface area contributed by atoms with Gasteiger partial charge in [0.2, 0.25) is 5.78 Å². The van der Waals surface area contributed by atoms with Crippen LogP contribution in [0, 0.1) is 0 Å². The molecule has 0 aliphatic carbocycles. The minimum Gasteiger partial charge on any atom is -0.492 e. The van der Waals surface area contributed by atoms with Gasteiger partial charge in [0.15, 0.2) is 0 Å². The molecule has 0 spiro atoms. The molecule has 2 aromatic carbocycles. The highest BCUT2D eigenvalue weighted by molar-refractivity contribution is 6.08. The molecule has 0 atom stereocenters. The number of carbonyl (C=O) groups is 1. The lowest BCUT2D eigenvalue weighted by Crippen LogP contribution is -2.38. The van der Waals surface area contributed by atoms with E-state index in [0.29, 0.717) is 24.4 Å². The number of ether oxygens (including phenoxy) is 2. The molecule has 5 rings (SSSR count). The summed E-state index contributed by atoms with van der Waals surface area (Å²) in [5, 5.41) is 1.10. The van der Waals surface area contributed by atoms with Gasteiger partial charge in [-0.15, -0.1) is 0 Å². The predicted octanol–water partition coefficient (Wildman–Crippen LogP) is 4.03. The van der Waals surface area contributed by atoms with Gasteiger partial charge in [-0.3, -0.25) is 14.7 Å². The standard InChI is InChI=1S/C27H27N3O3/c31-27(22-7-9-24(10-8-22)33-17-14-29-12-15-32-16-13-29)26-6-3-11-30(26)20-21-18-23-4-1-2-5-25(23)28-19-21/h1-11,18-19H,12-17,20H2. The van der Waals surface area contributed by atoms with E-state index in [2.05, 4.69) is 22.0 Å². The molecular formula is C27H27N3O3. The minimum atomic E-state index is -0.00591. The van der Waals surface area contributed by atoms with Gasteiger partial charge in [0.1, 0.15) is 12.4 Å². The zero-order chi connectivity index (χ0) is 22.5. The summed E-state index contributed by atoms with van der Waals surface area (Å²) in [6.45, 7) is 5.56. The van der Waals surface area contributed by atoms with Crippen LogP contribution < -0.4 is 4.74 Å². The minimum absolute atomic E-state index is 0.00591. The summed E-state index contributed by atoms with van der Waals surface area (Å²) in [4.78, 5) is 20.0. The second-order valence-electron chi connectivity index (χ2n) is 8.21.